The van der Waals surface area contributed by atoms with Gasteiger partial charge in [-0.1, -0.05) is 13.3 Å². The van der Waals surface area contributed by atoms with Gasteiger partial charge in [-0.15, -0.1) is 0 Å². The Morgan fingerprint density at radius 2 is 2.00 bits per heavy atom. The van der Waals surface area contributed by atoms with Crippen molar-refractivity contribution in [2.24, 2.45) is 0 Å². The fourth-order valence-electron chi connectivity index (χ4n) is 1.30. The van der Waals surface area contributed by atoms with Gasteiger partial charge in [0.25, 0.3) is 0 Å². The zero-order valence-electron chi connectivity index (χ0n) is 9.14. The number of carbonyl (C=O) groups excluding carboxylic acids is 1. The molecule has 0 saturated heterocycles. The third-order valence-corrected chi connectivity index (χ3v) is 1.79. The van der Waals surface area contributed by atoms with Gasteiger partial charge in [0.2, 0.25) is 5.91 Å². The van der Waals surface area contributed by atoms with Crippen molar-refractivity contribution < 1.29 is 9.53 Å². The summed E-state index contributed by atoms with van der Waals surface area (Å²) >= 11 is 0. The molecular formula is C10H21NO2. The van der Waals surface area contributed by atoms with Crippen LogP contribution < -0.4 is 5.32 Å². The second kappa shape index (κ2) is 5.97. The first-order valence-electron chi connectivity index (χ1n) is 4.90. The largest absolute Gasteiger partial charge is 0.372 e. The van der Waals surface area contributed by atoms with E-state index in [-0.39, 0.29) is 18.1 Å². The van der Waals surface area contributed by atoms with E-state index in [1.165, 1.54) is 0 Å². The molecule has 0 aliphatic carbocycles. The van der Waals surface area contributed by atoms with E-state index in [9.17, 15) is 4.79 Å². The van der Waals surface area contributed by atoms with Gasteiger partial charge < -0.3 is 10.1 Å². The zero-order valence-corrected chi connectivity index (χ0v) is 9.14. The molecule has 0 aliphatic heterocycles. The Kier molecular flexibility index (Phi) is 5.71. The summed E-state index contributed by atoms with van der Waals surface area (Å²) in [6.45, 7) is 8.80. The number of ether oxygens (including phenoxy) is 1. The minimum absolute atomic E-state index is 0.0275. The fourth-order valence-corrected chi connectivity index (χ4v) is 1.30. The predicted octanol–water partition coefficient (Wildman–Crippen LogP) is 1.72. The molecule has 0 radical (unpaired) electrons. The minimum Gasteiger partial charge on any atom is -0.372 e. The second-order valence-corrected chi connectivity index (χ2v) is 3.82. The molecule has 0 fully saturated rings. The van der Waals surface area contributed by atoms with Crippen LogP contribution in [0.3, 0.4) is 0 Å². The molecule has 0 aromatic carbocycles. The first-order valence-corrected chi connectivity index (χ1v) is 4.90. The van der Waals surface area contributed by atoms with Crippen LogP contribution in [0.4, 0.5) is 0 Å². The molecule has 0 bridgehead atoms. The van der Waals surface area contributed by atoms with Crippen molar-refractivity contribution in [3.05, 3.63) is 0 Å². The number of nitrogens with one attached hydrogen (secondary N) is 1. The molecule has 3 nitrogen and oxygen atoms in total. The van der Waals surface area contributed by atoms with Gasteiger partial charge in [-0.3, -0.25) is 4.79 Å². The lowest BCUT2D eigenvalue weighted by molar-refractivity contribution is -0.127. The van der Waals surface area contributed by atoms with Gasteiger partial charge in [-0.05, 0) is 27.2 Å². The Balaban J connectivity index is 3.75. The number of hydrogen-bond donors (Lipinski definition) is 1. The third-order valence-electron chi connectivity index (χ3n) is 1.79. The van der Waals surface area contributed by atoms with E-state index in [1.807, 2.05) is 20.8 Å². The molecule has 0 atom stereocenters. The minimum atomic E-state index is -0.108. The van der Waals surface area contributed by atoms with E-state index in [4.69, 9.17) is 4.74 Å². The molecular weight excluding hydrogens is 166 g/mol. The molecule has 0 aliphatic rings. The van der Waals surface area contributed by atoms with Gasteiger partial charge in [0.1, 0.15) is 6.61 Å². The van der Waals surface area contributed by atoms with Crippen molar-refractivity contribution in [3.63, 3.8) is 0 Å². The molecule has 78 valence electrons. The number of hydrogen-bond acceptors (Lipinski definition) is 2. The molecule has 0 saturated carbocycles. The number of amides is 1. The Hall–Kier alpha value is -0.570. The van der Waals surface area contributed by atoms with Crippen molar-refractivity contribution in [2.75, 3.05) is 13.2 Å². The van der Waals surface area contributed by atoms with E-state index in [0.29, 0.717) is 6.61 Å². The standard InChI is InChI=1S/C10H21NO2/c1-5-7-10(3,4)11-9(12)8-13-6-2/h5-8H2,1-4H3,(H,11,12). The topological polar surface area (TPSA) is 38.3 Å². The van der Waals surface area contributed by atoms with Crippen molar-refractivity contribution in [3.8, 4) is 0 Å². The van der Waals surface area contributed by atoms with Crippen LogP contribution in [-0.2, 0) is 9.53 Å². The molecule has 0 aromatic rings. The highest BCUT2D eigenvalue weighted by molar-refractivity contribution is 5.77. The lowest BCUT2D eigenvalue weighted by Crippen LogP contribution is -2.44. The molecule has 0 unspecified atom stereocenters. The van der Waals surface area contributed by atoms with Crippen molar-refractivity contribution in [2.45, 2.75) is 46.1 Å². The molecule has 3 heteroatoms. The molecule has 0 heterocycles. The van der Waals surface area contributed by atoms with Gasteiger partial charge in [0.05, 0.1) is 0 Å². The summed E-state index contributed by atoms with van der Waals surface area (Å²) in [6, 6.07) is 0. The summed E-state index contributed by atoms with van der Waals surface area (Å²) in [5.74, 6) is -0.0275. The highest BCUT2D eigenvalue weighted by Gasteiger charge is 2.18. The smallest absolute Gasteiger partial charge is 0.246 e. The monoisotopic (exact) mass is 187 g/mol. The Morgan fingerprint density at radius 1 is 1.38 bits per heavy atom. The van der Waals surface area contributed by atoms with E-state index in [1.54, 1.807) is 0 Å². The lowest BCUT2D eigenvalue weighted by atomic mass is 9.99. The fraction of sp³-hybridized carbons (Fsp3) is 0.900. The summed E-state index contributed by atoms with van der Waals surface area (Å²) in [5.41, 5.74) is -0.108. The predicted molar refractivity (Wildman–Crippen MR) is 53.6 cm³/mol. The van der Waals surface area contributed by atoms with Gasteiger partial charge in [0, 0.05) is 12.1 Å². The Labute approximate surface area is 80.8 Å². The Morgan fingerprint density at radius 3 is 2.46 bits per heavy atom. The van der Waals surface area contributed by atoms with Crippen LogP contribution in [0.25, 0.3) is 0 Å². The molecule has 13 heavy (non-hydrogen) atoms. The first-order chi connectivity index (χ1) is 6.02. The molecule has 0 rings (SSSR count). The van der Waals surface area contributed by atoms with Crippen molar-refractivity contribution in [1.82, 2.24) is 5.32 Å². The summed E-state index contributed by atoms with van der Waals surface area (Å²) < 4.78 is 5.01. The summed E-state index contributed by atoms with van der Waals surface area (Å²) in [6.07, 6.45) is 2.06. The Bertz CT molecular complexity index is 155. The van der Waals surface area contributed by atoms with Gasteiger partial charge in [-0.2, -0.15) is 0 Å². The van der Waals surface area contributed by atoms with Crippen LogP contribution in [0.15, 0.2) is 0 Å². The number of rotatable bonds is 6. The molecule has 1 N–H and O–H groups in total. The maximum absolute atomic E-state index is 11.3. The summed E-state index contributed by atoms with van der Waals surface area (Å²) in [4.78, 5) is 11.3. The average Bonchev–Trinajstić information content (AvgIpc) is 1.99. The second-order valence-electron chi connectivity index (χ2n) is 3.82. The van der Waals surface area contributed by atoms with Crippen LogP contribution in [-0.4, -0.2) is 24.7 Å². The van der Waals surface area contributed by atoms with Crippen LogP contribution in [0.5, 0.6) is 0 Å². The molecule has 0 aromatic heterocycles. The molecule has 1 amide bonds. The van der Waals surface area contributed by atoms with Crippen LogP contribution in [0, 0.1) is 0 Å². The van der Waals surface area contributed by atoms with Gasteiger partial charge in [0.15, 0.2) is 0 Å². The molecule has 0 spiro atoms. The van der Waals surface area contributed by atoms with Gasteiger partial charge in [-0.25, -0.2) is 0 Å². The van der Waals surface area contributed by atoms with Crippen LogP contribution >= 0.6 is 0 Å². The highest BCUT2D eigenvalue weighted by atomic mass is 16.5. The first kappa shape index (κ1) is 12.4. The maximum atomic E-state index is 11.3. The van der Waals surface area contributed by atoms with Crippen LogP contribution in [0.1, 0.15) is 40.5 Å². The van der Waals surface area contributed by atoms with E-state index >= 15 is 0 Å². The highest BCUT2D eigenvalue weighted by Crippen LogP contribution is 2.09. The van der Waals surface area contributed by atoms with Gasteiger partial charge >= 0.3 is 0 Å². The van der Waals surface area contributed by atoms with E-state index < -0.39 is 0 Å². The summed E-state index contributed by atoms with van der Waals surface area (Å²) in [7, 11) is 0. The van der Waals surface area contributed by atoms with Crippen molar-refractivity contribution in [1.29, 1.82) is 0 Å². The van der Waals surface area contributed by atoms with E-state index in [2.05, 4.69) is 12.2 Å². The third kappa shape index (κ3) is 6.58. The quantitative estimate of drug-likeness (QED) is 0.687. The normalized spacial score (nSPS) is 11.4. The summed E-state index contributed by atoms with van der Waals surface area (Å²) in [5, 5.41) is 2.93. The van der Waals surface area contributed by atoms with E-state index in [0.717, 1.165) is 12.8 Å². The maximum Gasteiger partial charge on any atom is 0.246 e. The zero-order chi connectivity index (χ0) is 10.3. The average molecular weight is 187 g/mol. The number of carbonyl (C=O) groups is 1. The lowest BCUT2D eigenvalue weighted by Gasteiger charge is -2.25. The van der Waals surface area contributed by atoms with Crippen LogP contribution in [0.2, 0.25) is 0 Å². The SMILES string of the molecule is CCCC(C)(C)NC(=O)COCC. The van der Waals surface area contributed by atoms with Crippen molar-refractivity contribution >= 4 is 5.91 Å².